The van der Waals surface area contributed by atoms with Crippen LogP contribution in [0.1, 0.15) is 40.4 Å². The predicted octanol–water partition coefficient (Wildman–Crippen LogP) is 3.38. The van der Waals surface area contributed by atoms with E-state index in [-0.39, 0.29) is 30.6 Å². The van der Waals surface area contributed by atoms with Crippen LogP contribution in [0.3, 0.4) is 0 Å². The molecule has 0 unspecified atom stereocenters. The lowest BCUT2D eigenvalue weighted by molar-refractivity contribution is -0.121. The van der Waals surface area contributed by atoms with Gasteiger partial charge in [-0.15, -0.1) is 0 Å². The quantitative estimate of drug-likeness (QED) is 0.751. The van der Waals surface area contributed by atoms with Gasteiger partial charge in [0.25, 0.3) is 0 Å². The van der Waals surface area contributed by atoms with Crippen molar-refractivity contribution < 1.29 is 9.59 Å². The first-order chi connectivity index (χ1) is 12.0. The Kier molecular flexibility index (Phi) is 6.90. The average Bonchev–Trinajstić information content (AvgIpc) is 2.60. The van der Waals surface area contributed by atoms with E-state index in [0.717, 1.165) is 11.1 Å². The molecule has 0 radical (unpaired) electrons. The van der Waals surface area contributed by atoms with Gasteiger partial charge in [0, 0.05) is 24.9 Å². The fourth-order valence-electron chi connectivity index (χ4n) is 2.66. The second-order valence-electron chi connectivity index (χ2n) is 6.58. The van der Waals surface area contributed by atoms with Crippen molar-refractivity contribution in [2.24, 2.45) is 0 Å². The minimum Gasteiger partial charge on any atom is -0.348 e. The smallest absolute Gasteiger partial charge is 0.220 e. The summed E-state index contributed by atoms with van der Waals surface area (Å²) in [5.41, 5.74) is 2.84. The number of ketones is 1. The number of nitrogens with one attached hydrogen (secondary N) is 1. The molecule has 2 rings (SSSR count). The Hall–Kier alpha value is -2.46. The van der Waals surface area contributed by atoms with Gasteiger partial charge in [-0.3, -0.25) is 9.59 Å². The van der Waals surface area contributed by atoms with Crippen LogP contribution in [0.25, 0.3) is 0 Å². The fraction of sp³-hybridized carbons (Fsp3) is 0.333. The van der Waals surface area contributed by atoms with Crippen molar-refractivity contribution in [3.63, 3.8) is 0 Å². The summed E-state index contributed by atoms with van der Waals surface area (Å²) in [4.78, 5) is 26.6. The minimum atomic E-state index is -0.101. The number of rotatable bonds is 8. The number of hydrogen-bond donors (Lipinski definition) is 1. The third-order valence-corrected chi connectivity index (χ3v) is 4.04. The topological polar surface area (TPSA) is 49.4 Å². The van der Waals surface area contributed by atoms with Crippen molar-refractivity contribution in [1.82, 2.24) is 10.2 Å². The monoisotopic (exact) mass is 338 g/mol. The van der Waals surface area contributed by atoms with E-state index < -0.39 is 0 Å². The standard InChI is InChI=1S/C21H26N2O2/c1-16-9-11-18(12-10-16)20(24)13-14-21(25)22-19(15-23(2)3)17-7-5-4-6-8-17/h4-12,19H,13-15H2,1-3H3,(H,22,25)/t19-/m1/s1. The van der Waals surface area contributed by atoms with Gasteiger partial charge in [0.1, 0.15) is 0 Å². The summed E-state index contributed by atoms with van der Waals surface area (Å²) in [6.07, 6.45) is 0.418. The highest BCUT2D eigenvalue weighted by atomic mass is 16.2. The van der Waals surface area contributed by atoms with E-state index in [1.54, 1.807) is 0 Å². The Balaban J connectivity index is 1.92. The third-order valence-electron chi connectivity index (χ3n) is 4.04. The average molecular weight is 338 g/mol. The molecule has 1 amide bonds. The van der Waals surface area contributed by atoms with Crippen molar-refractivity contribution in [1.29, 1.82) is 0 Å². The molecule has 2 aromatic rings. The molecule has 0 spiro atoms. The van der Waals surface area contributed by atoms with Crippen LogP contribution >= 0.6 is 0 Å². The molecule has 2 aromatic carbocycles. The summed E-state index contributed by atoms with van der Waals surface area (Å²) in [5.74, 6) is -0.102. The minimum absolute atomic E-state index is 0.000907. The van der Waals surface area contributed by atoms with Gasteiger partial charge in [-0.05, 0) is 26.6 Å². The molecule has 0 aliphatic heterocycles. The van der Waals surface area contributed by atoms with Gasteiger partial charge in [0.15, 0.2) is 5.78 Å². The van der Waals surface area contributed by atoms with Crippen molar-refractivity contribution in [3.05, 3.63) is 71.3 Å². The van der Waals surface area contributed by atoms with Crippen LogP contribution < -0.4 is 5.32 Å². The van der Waals surface area contributed by atoms with Crippen LogP contribution in [0, 0.1) is 6.92 Å². The Bertz CT molecular complexity index is 694. The van der Waals surface area contributed by atoms with E-state index in [0.29, 0.717) is 12.1 Å². The van der Waals surface area contributed by atoms with E-state index in [1.165, 1.54) is 0 Å². The zero-order chi connectivity index (χ0) is 18.2. The number of aryl methyl sites for hydroxylation is 1. The molecular formula is C21H26N2O2. The fourth-order valence-corrected chi connectivity index (χ4v) is 2.66. The second kappa shape index (κ2) is 9.14. The van der Waals surface area contributed by atoms with Crippen LogP contribution in [0.15, 0.2) is 54.6 Å². The summed E-state index contributed by atoms with van der Waals surface area (Å²) >= 11 is 0. The van der Waals surface area contributed by atoms with Crippen LogP contribution in [0.2, 0.25) is 0 Å². The maximum absolute atomic E-state index is 12.3. The number of Topliss-reactive ketones (excluding diaryl/α,β-unsaturated/α-hetero) is 1. The molecule has 1 N–H and O–H groups in total. The SMILES string of the molecule is Cc1ccc(C(=O)CCC(=O)N[C@H](CN(C)C)c2ccccc2)cc1. The van der Waals surface area contributed by atoms with Crippen molar-refractivity contribution >= 4 is 11.7 Å². The molecule has 0 aromatic heterocycles. The van der Waals surface area contributed by atoms with Crippen LogP contribution in [-0.4, -0.2) is 37.2 Å². The molecule has 4 heteroatoms. The van der Waals surface area contributed by atoms with Gasteiger partial charge in [-0.1, -0.05) is 60.2 Å². The molecule has 25 heavy (non-hydrogen) atoms. The second-order valence-corrected chi connectivity index (χ2v) is 6.58. The van der Waals surface area contributed by atoms with Crippen molar-refractivity contribution in [3.8, 4) is 0 Å². The van der Waals surface area contributed by atoms with E-state index in [1.807, 2.05) is 80.5 Å². The lowest BCUT2D eigenvalue weighted by Gasteiger charge is -2.23. The van der Waals surface area contributed by atoms with Crippen LogP contribution in [-0.2, 0) is 4.79 Å². The molecule has 4 nitrogen and oxygen atoms in total. The van der Waals surface area contributed by atoms with E-state index in [4.69, 9.17) is 0 Å². The van der Waals surface area contributed by atoms with Gasteiger partial charge < -0.3 is 10.2 Å². The third kappa shape index (κ3) is 6.16. The first-order valence-corrected chi connectivity index (χ1v) is 8.54. The lowest BCUT2D eigenvalue weighted by atomic mass is 10.0. The first kappa shape index (κ1) is 18.9. The normalized spacial score (nSPS) is 12.0. The highest BCUT2D eigenvalue weighted by Crippen LogP contribution is 2.14. The Morgan fingerprint density at radius 1 is 0.960 bits per heavy atom. The molecule has 0 saturated carbocycles. The maximum atomic E-state index is 12.3. The molecule has 0 aliphatic rings. The van der Waals surface area contributed by atoms with Gasteiger partial charge >= 0.3 is 0 Å². The maximum Gasteiger partial charge on any atom is 0.220 e. The highest BCUT2D eigenvalue weighted by Gasteiger charge is 2.16. The number of nitrogens with zero attached hydrogens (tertiary/aromatic N) is 1. The summed E-state index contributed by atoms with van der Waals surface area (Å²) in [5, 5.41) is 3.05. The van der Waals surface area contributed by atoms with Crippen molar-refractivity contribution in [2.45, 2.75) is 25.8 Å². The summed E-state index contributed by atoms with van der Waals surface area (Å²) in [7, 11) is 3.95. The lowest BCUT2D eigenvalue weighted by Crippen LogP contribution is -2.35. The number of carbonyl (C=O) groups excluding carboxylic acids is 2. The molecule has 1 atom stereocenters. The number of amides is 1. The first-order valence-electron chi connectivity index (χ1n) is 8.54. The van der Waals surface area contributed by atoms with Crippen LogP contribution in [0.4, 0.5) is 0 Å². The van der Waals surface area contributed by atoms with E-state index >= 15 is 0 Å². The Morgan fingerprint density at radius 2 is 1.60 bits per heavy atom. The zero-order valence-electron chi connectivity index (χ0n) is 15.2. The summed E-state index contributed by atoms with van der Waals surface area (Å²) in [6.45, 7) is 2.69. The van der Waals surface area contributed by atoms with E-state index in [2.05, 4.69) is 5.32 Å². The van der Waals surface area contributed by atoms with E-state index in [9.17, 15) is 9.59 Å². The molecule has 0 saturated heterocycles. The molecule has 0 fully saturated rings. The molecular weight excluding hydrogens is 312 g/mol. The number of hydrogen-bond acceptors (Lipinski definition) is 3. The van der Waals surface area contributed by atoms with Gasteiger partial charge in [-0.2, -0.15) is 0 Å². The largest absolute Gasteiger partial charge is 0.348 e. The summed E-state index contributed by atoms with van der Waals surface area (Å²) < 4.78 is 0. The molecule has 0 bridgehead atoms. The number of carbonyl (C=O) groups is 2. The van der Waals surface area contributed by atoms with Crippen molar-refractivity contribution in [2.75, 3.05) is 20.6 Å². The Morgan fingerprint density at radius 3 is 2.20 bits per heavy atom. The number of benzene rings is 2. The van der Waals surface area contributed by atoms with Crippen LogP contribution in [0.5, 0.6) is 0 Å². The van der Waals surface area contributed by atoms with Gasteiger partial charge in [0.05, 0.1) is 6.04 Å². The highest BCUT2D eigenvalue weighted by molar-refractivity contribution is 5.98. The predicted molar refractivity (Wildman–Crippen MR) is 101 cm³/mol. The molecule has 0 heterocycles. The summed E-state index contributed by atoms with van der Waals surface area (Å²) in [6, 6.07) is 17.3. The van der Waals surface area contributed by atoms with Gasteiger partial charge in [0.2, 0.25) is 5.91 Å². The molecule has 132 valence electrons. The molecule has 0 aliphatic carbocycles. The number of likely N-dealkylation sites (N-methyl/N-ethyl adjacent to an activating group) is 1. The zero-order valence-corrected chi connectivity index (χ0v) is 15.2. The van der Waals surface area contributed by atoms with Gasteiger partial charge in [-0.25, -0.2) is 0 Å². The Labute approximate surface area is 149 Å².